The summed E-state index contributed by atoms with van der Waals surface area (Å²) >= 11 is 0. The van der Waals surface area contributed by atoms with Crippen LogP contribution in [0.3, 0.4) is 0 Å². The summed E-state index contributed by atoms with van der Waals surface area (Å²) in [5.41, 5.74) is 0.170. The van der Waals surface area contributed by atoms with E-state index in [0.29, 0.717) is 18.9 Å². The molecule has 0 aromatic carbocycles. The van der Waals surface area contributed by atoms with Crippen molar-refractivity contribution < 1.29 is 4.79 Å². The molecule has 1 amide bonds. The second-order valence-electron chi connectivity index (χ2n) is 4.74. The van der Waals surface area contributed by atoms with Crippen molar-refractivity contribution in [1.82, 2.24) is 4.90 Å². The number of likely N-dealkylation sites (tertiary alicyclic amines) is 1. The summed E-state index contributed by atoms with van der Waals surface area (Å²) < 4.78 is 0. The largest absolute Gasteiger partial charge is 0.339 e. The number of carbonyl (C=O) groups excluding carboxylic acids is 1. The van der Waals surface area contributed by atoms with Crippen LogP contribution < -0.4 is 0 Å². The Morgan fingerprint density at radius 1 is 1.64 bits per heavy atom. The minimum atomic E-state index is 0.170. The highest BCUT2D eigenvalue weighted by molar-refractivity contribution is 5.78. The summed E-state index contributed by atoms with van der Waals surface area (Å²) in [6.07, 6.45) is 4.54. The van der Waals surface area contributed by atoms with Gasteiger partial charge in [-0.15, -0.1) is 0 Å². The van der Waals surface area contributed by atoms with Gasteiger partial charge in [0.2, 0.25) is 5.91 Å². The summed E-state index contributed by atoms with van der Waals surface area (Å²) in [6.45, 7) is 2.92. The summed E-state index contributed by atoms with van der Waals surface area (Å²) in [5.74, 6) is 0.279. The average molecular weight is 192 g/mol. The van der Waals surface area contributed by atoms with Crippen molar-refractivity contribution in [2.75, 3.05) is 6.54 Å². The van der Waals surface area contributed by atoms with Gasteiger partial charge in [0.25, 0.3) is 0 Å². The van der Waals surface area contributed by atoms with Gasteiger partial charge in [-0.25, -0.2) is 0 Å². The summed E-state index contributed by atoms with van der Waals surface area (Å²) in [5, 5.41) is 8.69. The van der Waals surface area contributed by atoms with E-state index in [9.17, 15) is 4.79 Å². The molecule has 2 rings (SSSR count). The molecule has 76 valence electrons. The van der Waals surface area contributed by atoms with Gasteiger partial charge in [-0.3, -0.25) is 4.79 Å². The minimum Gasteiger partial charge on any atom is -0.339 e. The summed E-state index contributed by atoms with van der Waals surface area (Å²) in [7, 11) is 0. The number of nitriles is 1. The van der Waals surface area contributed by atoms with Crippen molar-refractivity contribution in [3.8, 4) is 6.07 Å². The summed E-state index contributed by atoms with van der Waals surface area (Å²) in [4.78, 5) is 13.5. The van der Waals surface area contributed by atoms with Gasteiger partial charge in [-0.05, 0) is 26.2 Å². The maximum atomic E-state index is 11.5. The molecule has 0 N–H and O–H groups in total. The van der Waals surface area contributed by atoms with Crippen LogP contribution in [-0.2, 0) is 4.79 Å². The van der Waals surface area contributed by atoms with Crippen LogP contribution in [0.15, 0.2) is 0 Å². The molecule has 1 saturated heterocycles. The van der Waals surface area contributed by atoms with Crippen molar-refractivity contribution >= 4 is 5.91 Å². The maximum Gasteiger partial charge on any atom is 0.222 e. The van der Waals surface area contributed by atoms with Gasteiger partial charge in [-0.1, -0.05) is 0 Å². The third-order valence-electron chi connectivity index (χ3n) is 3.55. The molecule has 3 heteroatoms. The maximum absolute atomic E-state index is 11.5. The number of rotatable bonds is 3. The smallest absolute Gasteiger partial charge is 0.222 e. The Labute approximate surface area is 84.7 Å². The lowest BCUT2D eigenvalue weighted by molar-refractivity contribution is -0.129. The van der Waals surface area contributed by atoms with E-state index < -0.39 is 0 Å². The van der Waals surface area contributed by atoms with E-state index in [-0.39, 0.29) is 11.3 Å². The molecule has 0 radical (unpaired) electrons. The highest BCUT2D eigenvalue weighted by Gasteiger charge is 2.46. The molecule has 2 fully saturated rings. The molecule has 1 unspecified atom stereocenters. The fourth-order valence-corrected chi connectivity index (χ4v) is 2.22. The predicted octanol–water partition coefficient (Wildman–Crippen LogP) is 1.69. The van der Waals surface area contributed by atoms with E-state index in [1.165, 1.54) is 0 Å². The van der Waals surface area contributed by atoms with Gasteiger partial charge >= 0.3 is 0 Å². The number of carbonyl (C=O) groups is 1. The van der Waals surface area contributed by atoms with Crippen molar-refractivity contribution in [2.45, 2.75) is 45.1 Å². The van der Waals surface area contributed by atoms with Crippen molar-refractivity contribution in [2.24, 2.45) is 5.41 Å². The van der Waals surface area contributed by atoms with Gasteiger partial charge < -0.3 is 4.90 Å². The highest BCUT2D eigenvalue weighted by atomic mass is 16.2. The Morgan fingerprint density at radius 3 is 2.79 bits per heavy atom. The van der Waals surface area contributed by atoms with Crippen molar-refractivity contribution in [3.63, 3.8) is 0 Å². The van der Waals surface area contributed by atoms with Gasteiger partial charge in [0.1, 0.15) is 0 Å². The molecule has 1 saturated carbocycles. The fourth-order valence-electron chi connectivity index (χ4n) is 2.22. The van der Waals surface area contributed by atoms with Crippen LogP contribution >= 0.6 is 0 Å². The van der Waals surface area contributed by atoms with Crippen LogP contribution in [0.2, 0.25) is 0 Å². The number of hydrogen-bond acceptors (Lipinski definition) is 2. The fraction of sp³-hybridized carbons (Fsp3) is 0.818. The SMILES string of the molecule is CC1CCC(=O)N1CC1(CC#N)CC1. The molecular weight excluding hydrogens is 176 g/mol. The lowest BCUT2D eigenvalue weighted by Crippen LogP contribution is -2.36. The normalized spacial score (nSPS) is 29.0. The Bertz CT molecular complexity index is 288. The minimum absolute atomic E-state index is 0.170. The zero-order chi connectivity index (χ0) is 10.2. The van der Waals surface area contributed by atoms with Crippen molar-refractivity contribution in [1.29, 1.82) is 5.26 Å². The molecule has 1 heterocycles. The standard InChI is InChI=1S/C11H16N2O/c1-9-2-3-10(14)13(9)8-11(4-5-11)6-7-12/h9H,2-6,8H2,1H3. The Morgan fingerprint density at radius 2 is 2.36 bits per heavy atom. The number of nitrogens with zero attached hydrogens (tertiary/aromatic N) is 2. The van der Waals surface area contributed by atoms with Gasteiger partial charge in [0, 0.05) is 30.8 Å². The third kappa shape index (κ3) is 1.61. The van der Waals surface area contributed by atoms with E-state index in [1.54, 1.807) is 0 Å². The molecule has 0 aromatic rings. The molecule has 0 aromatic heterocycles. The molecular formula is C11H16N2O. The van der Waals surface area contributed by atoms with Gasteiger partial charge in [0.15, 0.2) is 0 Å². The van der Waals surface area contributed by atoms with E-state index >= 15 is 0 Å². The first-order chi connectivity index (χ1) is 6.67. The number of hydrogen-bond donors (Lipinski definition) is 0. The van der Waals surface area contributed by atoms with Gasteiger partial charge in [0.05, 0.1) is 6.07 Å². The van der Waals surface area contributed by atoms with Crippen LogP contribution in [0.25, 0.3) is 0 Å². The van der Waals surface area contributed by atoms with E-state index in [2.05, 4.69) is 13.0 Å². The van der Waals surface area contributed by atoms with Crippen LogP contribution in [0.5, 0.6) is 0 Å². The van der Waals surface area contributed by atoms with E-state index in [0.717, 1.165) is 25.8 Å². The van der Waals surface area contributed by atoms with Crippen LogP contribution in [0.1, 0.15) is 39.0 Å². The monoisotopic (exact) mass is 192 g/mol. The first-order valence-electron chi connectivity index (χ1n) is 5.33. The predicted molar refractivity (Wildman–Crippen MR) is 52.3 cm³/mol. The molecule has 1 atom stereocenters. The molecule has 3 nitrogen and oxygen atoms in total. The Hall–Kier alpha value is -1.04. The highest BCUT2D eigenvalue weighted by Crippen LogP contribution is 2.49. The zero-order valence-electron chi connectivity index (χ0n) is 8.62. The molecule has 2 aliphatic rings. The quantitative estimate of drug-likeness (QED) is 0.683. The molecule has 0 bridgehead atoms. The summed E-state index contributed by atoms with van der Waals surface area (Å²) in [6, 6.07) is 2.62. The first kappa shape index (κ1) is 9.51. The Kier molecular flexibility index (Phi) is 2.22. The van der Waals surface area contributed by atoms with E-state index in [1.807, 2.05) is 4.90 Å². The molecule has 1 aliphatic carbocycles. The van der Waals surface area contributed by atoms with Crippen LogP contribution in [0, 0.1) is 16.7 Å². The topological polar surface area (TPSA) is 44.1 Å². The van der Waals surface area contributed by atoms with E-state index in [4.69, 9.17) is 5.26 Å². The van der Waals surface area contributed by atoms with Crippen LogP contribution in [-0.4, -0.2) is 23.4 Å². The lowest BCUT2D eigenvalue weighted by atomic mass is 10.0. The first-order valence-corrected chi connectivity index (χ1v) is 5.33. The van der Waals surface area contributed by atoms with Crippen LogP contribution in [0.4, 0.5) is 0 Å². The molecule has 1 aliphatic heterocycles. The molecule has 0 spiro atoms. The third-order valence-corrected chi connectivity index (χ3v) is 3.55. The molecule has 14 heavy (non-hydrogen) atoms. The Balaban J connectivity index is 1.97. The second-order valence-corrected chi connectivity index (χ2v) is 4.74. The zero-order valence-corrected chi connectivity index (χ0v) is 8.62. The lowest BCUT2D eigenvalue weighted by Gasteiger charge is -2.25. The average Bonchev–Trinajstić information content (AvgIpc) is 2.84. The van der Waals surface area contributed by atoms with Gasteiger partial charge in [-0.2, -0.15) is 5.26 Å². The second kappa shape index (κ2) is 3.27. The number of amides is 1. The van der Waals surface area contributed by atoms with Crippen molar-refractivity contribution in [3.05, 3.63) is 0 Å².